The molecule has 0 bridgehead atoms. The first-order valence-electron chi connectivity index (χ1n) is 7.41. The van der Waals surface area contributed by atoms with E-state index < -0.39 is 0 Å². The maximum absolute atomic E-state index is 13.0. The van der Waals surface area contributed by atoms with E-state index in [1.807, 2.05) is 18.2 Å². The zero-order valence-electron chi connectivity index (χ0n) is 13.3. The van der Waals surface area contributed by atoms with Crippen LogP contribution in [0.1, 0.15) is 11.1 Å². The SMILES string of the molecule is CN1C(=O)/C(=C\c2cc(Br)ccc2OCc2ccc(F)cc2)NC1=S. The summed E-state index contributed by atoms with van der Waals surface area (Å²) in [6, 6.07) is 11.6. The van der Waals surface area contributed by atoms with Crippen molar-refractivity contribution >= 4 is 45.2 Å². The topological polar surface area (TPSA) is 41.6 Å². The van der Waals surface area contributed by atoms with E-state index in [4.69, 9.17) is 17.0 Å². The zero-order valence-corrected chi connectivity index (χ0v) is 15.7. The molecule has 1 heterocycles. The van der Waals surface area contributed by atoms with Gasteiger partial charge in [-0.1, -0.05) is 28.1 Å². The molecule has 1 saturated heterocycles. The first-order chi connectivity index (χ1) is 11.9. The Hall–Kier alpha value is -2.25. The van der Waals surface area contributed by atoms with E-state index >= 15 is 0 Å². The molecule has 1 amide bonds. The van der Waals surface area contributed by atoms with E-state index in [0.717, 1.165) is 15.6 Å². The monoisotopic (exact) mass is 420 g/mol. The Morgan fingerprint density at radius 1 is 1.28 bits per heavy atom. The third kappa shape index (κ3) is 4.05. The minimum atomic E-state index is -0.288. The number of benzene rings is 2. The fraction of sp³-hybridized carbons (Fsp3) is 0.111. The summed E-state index contributed by atoms with van der Waals surface area (Å²) in [5.41, 5.74) is 1.96. The summed E-state index contributed by atoms with van der Waals surface area (Å²) in [7, 11) is 1.62. The average molecular weight is 421 g/mol. The van der Waals surface area contributed by atoms with Crippen molar-refractivity contribution in [1.82, 2.24) is 10.2 Å². The van der Waals surface area contributed by atoms with Gasteiger partial charge in [-0.2, -0.15) is 0 Å². The molecule has 2 aromatic carbocycles. The number of carbonyl (C=O) groups excluding carboxylic acids is 1. The molecule has 25 heavy (non-hydrogen) atoms. The van der Waals surface area contributed by atoms with Gasteiger partial charge in [0.15, 0.2) is 5.11 Å². The highest BCUT2D eigenvalue weighted by atomic mass is 79.9. The second-order valence-electron chi connectivity index (χ2n) is 5.45. The van der Waals surface area contributed by atoms with E-state index in [0.29, 0.717) is 16.6 Å². The molecule has 0 aliphatic carbocycles. The van der Waals surface area contributed by atoms with Gasteiger partial charge in [0.25, 0.3) is 5.91 Å². The van der Waals surface area contributed by atoms with E-state index in [9.17, 15) is 9.18 Å². The largest absolute Gasteiger partial charge is 0.488 e. The third-order valence-corrected chi connectivity index (χ3v) is 4.53. The summed E-state index contributed by atoms with van der Waals surface area (Å²) in [5.74, 6) is 0.119. The number of hydrogen-bond acceptors (Lipinski definition) is 3. The Bertz CT molecular complexity index is 868. The molecule has 0 spiro atoms. The summed E-state index contributed by atoms with van der Waals surface area (Å²) in [4.78, 5) is 13.5. The number of carbonyl (C=O) groups is 1. The standard InChI is InChI=1S/C18H14BrFN2O2S/c1-22-17(23)15(21-18(22)25)9-12-8-13(19)4-7-16(12)24-10-11-2-5-14(20)6-3-11/h2-9H,10H2,1H3,(H,21,25)/b15-9+. The van der Waals surface area contributed by atoms with Gasteiger partial charge in [-0.3, -0.25) is 9.69 Å². The third-order valence-electron chi connectivity index (χ3n) is 3.66. The van der Waals surface area contributed by atoms with Gasteiger partial charge in [0.2, 0.25) is 0 Å². The molecule has 1 N–H and O–H groups in total. The van der Waals surface area contributed by atoms with Gasteiger partial charge in [0.1, 0.15) is 23.9 Å². The van der Waals surface area contributed by atoms with E-state index in [2.05, 4.69) is 21.2 Å². The van der Waals surface area contributed by atoms with Crippen LogP contribution in [0.15, 0.2) is 52.6 Å². The predicted molar refractivity (Wildman–Crippen MR) is 101 cm³/mol. The Morgan fingerprint density at radius 3 is 2.64 bits per heavy atom. The number of nitrogens with zero attached hydrogens (tertiary/aromatic N) is 1. The number of thiocarbonyl (C=S) groups is 1. The molecule has 1 aliphatic heterocycles. The van der Waals surface area contributed by atoms with Gasteiger partial charge >= 0.3 is 0 Å². The van der Waals surface area contributed by atoms with Gasteiger partial charge in [-0.25, -0.2) is 4.39 Å². The molecule has 1 fully saturated rings. The average Bonchev–Trinajstić information content (AvgIpc) is 2.83. The lowest BCUT2D eigenvalue weighted by molar-refractivity contribution is -0.121. The number of rotatable bonds is 4. The fourth-order valence-electron chi connectivity index (χ4n) is 2.28. The van der Waals surface area contributed by atoms with Crippen molar-refractivity contribution in [3.63, 3.8) is 0 Å². The molecular weight excluding hydrogens is 407 g/mol. The lowest BCUT2D eigenvalue weighted by Crippen LogP contribution is -2.25. The molecule has 128 valence electrons. The van der Waals surface area contributed by atoms with Crippen LogP contribution in [-0.2, 0) is 11.4 Å². The van der Waals surface area contributed by atoms with Crippen LogP contribution in [0.2, 0.25) is 0 Å². The Kier molecular flexibility index (Phi) is 5.15. The molecule has 0 radical (unpaired) electrons. The van der Waals surface area contributed by atoms with E-state index in [-0.39, 0.29) is 18.3 Å². The normalized spacial score (nSPS) is 15.6. The highest BCUT2D eigenvalue weighted by molar-refractivity contribution is 9.10. The highest BCUT2D eigenvalue weighted by Gasteiger charge is 2.27. The number of hydrogen-bond donors (Lipinski definition) is 1. The van der Waals surface area contributed by atoms with Gasteiger partial charge < -0.3 is 10.1 Å². The molecule has 3 rings (SSSR count). The minimum Gasteiger partial charge on any atom is -0.488 e. The van der Waals surface area contributed by atoms with Crippen LogP contribution in [-0.4, -0.2) is 23.0 Å². The van der Waals surface area contributed by atoms with Crippen molar-refractivity contribution in [1.29, 1.82) is 0 Å². The van der Waals surface area contributed by atoms with Crippen LogP contribution >= 0.6 is 28.1 Å². The Labute approximate surface area is 158 Å². The van der Waals surface area contributed by atoms with Crippen LogP contribution < -0.4 is 10.1 Å². The van der Waals surface area contributed by atoms with E-state index in [1.165, 1.54) is 17.0 Å². The predicted octanol–water partition coefficient (Wildman–Crippen LogP) is 3.85. The first-order valence-corrected chi connectivity index (χ1v) is 8.61. The van der Waals surface area contributed by atoms with E-state index in [1.54, 1.807) is 25.3 Å². The van der Waals surface area contributed by atoms with Crippen molar-refractivity contribution in [3.05, 3.63) is 69.6 Å². The minimum absolute atomic E-state index is 0.200. The Morgan fingerprint density at radius 2 is 2.00 bits per heavy atom. The van der Waals surface area contributed by atoms with Gasteiger partial charge in [-0.15, -0.1) is 0 Å². The Balaban J connectivity index is 1.84. The quantitative estimate of drug-likeness (QED) is 0.602. The number of halogens is 2. The van der Waals surface area contributed by atoms with Crippen molar-refractivity contribution < 1.29 is 13.9 Å². The summed E-state index contributed by atoms with van der Waals surface area (Å²) in [6.45, 7) is 0.289. The van der Waals surface area contributed by atoms with Crippen LogP contribution in [0.3, 0.4) is 0 Å². The summed E-state index contributed by atoms with van der Waals surface area (Å²) in [5, 5.41) is 3.25. The number of nitrogens with one attached hydrogen (secondary N) is 1. The molecule has 7 heteroatoms. The summed E-state index contributed by atoms with van der Waals surface area (Å²) < 4.78 is 19.7. The van der Waals surface area contributed by atoms with Crippen molar-refractivity contribution in [3.8, 4) is 5.75 Å². The van der Waals surface area contributed by atoms with Gasteiger partial charge in [0.05, 0.1) is 0 Å². The molecule has 0 unspecified atom stereocenters. The maximum Gasteiger partial charge on any atom is 0.276 e. The molecule has 0 saturated carbocycles. The van der Waals surface area contributed by atoms with Crippen molar-refractivity contribution in [2.45, 2.75) is 6.61 Å². The number of likely N-dealkylation sites (N-methyl/N-ethyl adjacent to an activating group) is 1. The lowest BCUT2D eigenvalue weighted by atomic mass is 10.1. The van der Waals surface area contributed by atoms with Gasteiger partial charge in [0, 0.05) is 17.1 Å². The van der Waals surface area contributed by atoms with Gasteiger partial charge in [-0.05, 0) is 54.2 Å². The zero-order chi connectivity index (χ0) is 18.0. The van der Waals surface area contributed by atoms with Crippen molar-refractivity contribution in [2.24, 2.45) is 0 Å². The summed E-state index contributed by atoms with van der Waals surface area (Å²) >= 11 is 8.50. The molecule has 1 aliphatic rings. The lowest BCUT2D eigenvalue weighted by Gasteiger charge is -2.10. The van der Waals surface area contributed by atoms with Crippen LogP contribution in [0.5, 0.6) is 5.75 Å². The molecule has 0 atom stereocenters. The summed E-state index contributed by atoms with van der Waals surface area (Å²) in [6.07, 6.45) is 1.70. The fourth-order valence-corrected chi connectivity index (χ4v) is 2.86. The molecular formula is C18H14BrFN2O2S. The van der Waals surface area contributed by atoms with Crippen LogP contribution in [0.25, 0.3) is 6.08 Å². The smallest absolute Gasteiger partial charge is 0.276 e. The highest BCUT2D eigenvalue weighted by Crippen LogP contribution is 2.27. The second kappa shape index (κ2) is 7.33. The van der Waals surface area contributed by atoms with Crippen LogP contribution in [0.4, 0.5) is 4.39 Å². The van der Waals surface area contributed by atoms with Crippen molar-refractivity contribution in [2.75, 3.05) is 7.05 Å². The number of amides is 1. The second-order valence-corrected chi connectivity index (χ2v) is 6.75. The molecule has 0 aromatic heterocycles. The first kappa shape index (κ1) is 17.6. The number of ether oxygens (including phenoxy) is 1. The molecule has 4 nitrogen and oxygen atoms in total. The molecule has 2 aromatic rings. The van der Waals surface area contributed by atoms with Crippen LogP contribution in [0, 0.1) is 5.82 Å². The maximum atomic E-state index is 13.0.